The second kappa shape index (κ2) is 10.9. The van der Waals surface area contributed by atoms with Crippen molar-refractivity contribution in [3.8, 4) is 23.3 Å². The highest BCUT2D eigenvalue weighted by molar-refractivity contribution is 8.03. The second-order valence-electron chi connectivity index (χ2n) is 8.75. The number of fused-ring (bicyclic) bond motifs is 1. The monoisotopic (exact) mass is 513 g/mol. The standard InChI is InChI=1S/C29H27N3O4S/c1-34-23-11-9-22(10-12-23)31-18-32-28(33)15-24(25(16-30)29(32)37-19-31)21-8-13-26(27(14-21)35-2)36-17-20-6-4-3-5-7-20/h3-14,24H,15,17-19H2,1-2H3/t24-/m1/s1. The molecule has 1 fully saturated rings. The minimum Gasteiger partial charge on any atom is -0.497 e. The minimum absolute atomic E-state index is 0.00640. The van der Waals surface area contributed by atoms with E-state index in [9.17, 15) is 10.1 Å². The Morgan fingerprint density at radius 3 is 2.49 bits per heavy atom. The number of hydrogen-bond donors (Lipinski definition) is 0. The number of methoxy groups -OCH3 is 2. The third-order valence-corrected chi connectivity index (χ3v) is 7.71. The number of hydrogen-bond acceptors (Lipinski definition) is 7. The Labute approximate surface area is 220 Å². The first-order valence-corrected chi connectivity index (χ1v) is 12.9. The molecule has 1 atom stereocenters. The molecule has 1 amide bonds. The number of allylic oxidation sites excluding steroid dienone is 1. The average molecular weight is 514 g/mol. The van der Waals surface area contributed by atoms with Crippen molar-refractivity contribution in [2.75, 3.05) is 31.7 Å². The fourth-order valence-electron chi connectivity index (χ4n) is 4.56. The van der Waals surface area contributed by atoms with Crippen molar-refractivity contribution < 1.29 is 19.0 Å². The second-order valence-corrected chi connectivity index (χ2v) is 9.68. The third kappa shape index (κ3) is 5.09. The van der Waals surface area contributed by atoms with Crippen molar-refractivity contribution >= 4 is 23.4 Å². The van der Waals surface area contributed by atoms with Crippen LogP contribution >= 0.6 is 11.8 Å². The molecule has 3 aromatic carbocycles. The number of rotatable bonds is 7. The van der Waals surface area contributed by atoms with Gasteiger partial charge in [0, 0.05) is 18.0 Å². The maximum absolute atomic E-state index is 13.3. The first-order valence-electron chi connectivity index (χ1n) is 11.9. The first kappa shape index (κ1) is 24.6. The van der Waals surface area contributed by atoms with Gasteiger partial charge in [-0.3, -0.25) is 9.69 Å². The summed E-state index contributed by atoms with van der Waals surface area (Å²) >= 11 is 1.51. The number of thioether (sulfide) groups is 1. The Balaban J connectivity index is 1.37. The molecule has 2 heterocycles. The van der Waals surface area contributed by atoms with E-state index in [0.717, 1.165) is 27.6 Å². The van der Waals surface area contributed by atoms with Crippen LogP contribution in [0, 0.1) is 11.3 Å². The van der Waals surface area contributed by atoms with Crippen LogP contribution in [0.2, 0.25) is 0 Å². The van der Waals surface area contributed by atoms with E-state index in [2.05, 4.69) is 11.0 Å². The van der Waals surface area contributed by atoms with Gasteiger partial charge in [-0.1, -0.05) is 48.2 Å². The van der Waals surface area contributed by atoms with Gasteiger partial charge in [-0.25, -0.2) is 0 Å². The summed E-state index contributed by atoms with van der Waals surface area (Å²) in [4.78, 5) is 17.1. The van der Waals surface area contributed by atoms with Crippen LogP contribution < -0.4 is 19.1 Å². The van der Waals surface area contributed by atoms with Crippen molar-refractivity contribution in [2.45, 2.75) is 18.9 Å². The van der Waals surface area contributed by atoms with E-state index in [1.54, 1.807) is 19.1 Å². The number of amides is 1. The average Bonchev–Trinajstić information content (AvgIpc) is 2.96. The zero-order valence-corrected chi connectivity index (χ0v) is 21.5. The van der Waals surface area contributed by atoms with E-state index >= 15 is 0 Å². The van der Waals surface area contributed by atoms with Crippen molar-refractivity contribution in [1.29, 1.82) is 5.26 Å². The SMILES string of the molecule is COc1ccc(N2CSC3=C(C#N)[C@@H](c4ccc(OCc5ccccc5)c(OC)c4)CC(=O)N3C2)cc1. The van der Waals surface area contributed by atoms with Gasteiger partial charge in [-0.05, 0) is 47.5 Å². The summed E-state index contributed by atoms with van der Waals surface area (Å²) in [7, 11) is 3.23. The van der Waals surface area contributed by atoms with Crippen molar-refractivity contribution in [3.63, 3.8) is 0 Å². The summed E-state index contributed by atoms with van der Waals surface area (Å²) in [6.45, 7) is 0.823. The molecule has 3 aromatic rings. The van der Waals surface area contributed by atoms with Crippen LogP contribution in [0.25, 0.3) is 0 Å². The largest absolute Gasteiger partial charge is 0.497 e. The molecule has 1 saturated heterocycles. The Bertz CT molecular complexity index is 1350. The maximum Gasteiger partial charge on any atom is 0.229 e. The Hall–Kier alpha value is -4.09. The fraction of sp³-hybridized carbons (Fsp3) is 0.241. The number of nitrogens with zero attached hydrogens (tertiary/aromatic N) is 3. The van der Waals surface area contributed by atoms with Crippen molar-refractivity contribution in [3.05, 3.63) is 94.5 Å². The quantitative estimate of drug-likeness (QED) is 0.413. The molecule has 0 aliphatic carbocycles. The minimum atomic E-state index is -0.333. The smallest absolute Gasteiger partial charge is 0.229 e. The first-order chi connectivity index (χ1) is 18.1. The van der Waals surface area contributed by atoms with Crippen LogP contribution in [-0.2, 0) is 11.4 Å². The summed E-state index contributed by atoms with van der Waals surface area (Å²) in [5.74, 6) is 2.28. The third-order valence-electron chi connectivity index (χ3n) is 6.56. The van der Waals surface area contributed by atoms with Gasteiger partial charge in [0.05, 0.1) is 43.4 Å². The van der Waals surface area contributed by atoms with Gasteiger partial charge >= 0.3 is 0 Å². The molecule has 0 unspecified atom stereocenters. The number of nitriles is 1. The number of carbonyl (C=O) groups is 1. The molecule has 0 saturated carbocycles. The lowest BCUT2D eigenvalue weighted by Crippen LogP contribution is -2.47. The van der Waals surface area contributed by atoms with E-state index in [4.69, 9.17) is 14.2 Å². The van der Waals surface area contributed by atoms with Crippen molar-refractivity contribution in [1.82, 2.24) is 4.90 Å². The van der Waals surface area contributed by atoms with Crippen molar-refractivity contribution in [2.24, 2.45) is 0 Å². The molecule has 0 radical (unpaired) electrons. The molecule has 2 aliphatic heterocycles. The summed E-state index contributed by atoms with van der Waals surface area (Å²) in [6.07, 6.45) is 0.219. The lowest BCUT2D eigenvalue weighted by atomic mass is 9.86. The maximum atomic E-state index is 13.3. The topological polar surface area (TPSA) is 75.0 Å². The lowest BCUT2D eigenvalue weighted by Gasteiger charge is -2.42. The van der Waals surface area contributed by atoms with Gasteiger partial charge in [0.1, 0.15) is 12.4 Å². The summed E-state index contributed by atoms with van der Waals surface area (Å²) in [6, 6.07) is 25.7. The summed E-state index contributed by atoms with van der Waals surface area (Å²) < 4.78 is 16.8. The molecule has 37 heavy (non-hydrogen) atoms. The van der Waals surface area contributed by atoms with E-state index in [-0.39, 0.29) is 18.2 Å². The Morgan fingerprint density at radius 1 is 1.00 bits per heavy atom. The molecule has 7 nitrogen and oxygen atoms in total. The van der Waals surface area contributed by atoms with Crippen LogP contribution in [0.1, 0.15) is 23.5 Å². The number of anilines is 1. The van der Waals surface area contributed by atoms with Gasteiger partial charge in [-0.15, -0.1) is 0 Å². The molecule has 188 valence electrons. The molecule has 8 heteroatoms. The number of ether oxygens (including phenoxy) is 3. The Kier molecular flexibility index (Phi) is 7.24. The van der Waals surface area contributed by atoms with Crippen LogP contribution in [0.5, 0.6) is 17.2 Å². The van der Waals surface area contributed by atoms with Gasteiger partial charge < -0.3 is 19.1 Å². The zero-order chi connectivity index (χ0) is 25.8. The molecule has 0 spiro atoms. The molecular formula is C29H27N3O4S. The van der Waals surface area contributed by atoms with Crippen LogP contribution in [0.15, 0.2) is 83.4 Å². The van der Waals surface area contributed by atoms with E-state index in [1.165, 1.54) is 11.8 Å². The molecule has 5 rings (SSSR count). The molecule has 2 aliphatic rings. The fourth-order valence-corrected chi connectivity index (χ4v) is 5.73. The highest BCUT2D eigenvalue weighted by atomic mass is 32.2. The van der Waals surface area contributed by atoms with Crippen LogP contribution in [-0.4, -0.2) is 37.6 Å². The summed E-state index contributed by atoms with van der Waals surface area (Å²) in [5, 5.41) is 10.9. The molecule has 0 bridgehead atoms. The Morgan fingerprint density at radius 2 is 1.78 bits per heavy atom. The normalized spacial score (nSPS) is 17.2. The zero-order valence-electron chi connectivity index (χ0n) is 20.7. The van der Waals surface area contributed by atoms with E-state index in [1.807, 2.05) is 72.8 Å². The predicted octanol–water partition coefficient (Wildman–Crippen LogP) is 5.50. The van der Waals surface area contributed by atoms with Crippen LogP contribution in [0.3, 0.4) is 0 Å². The number of benzene rings is 3. The van der Waals surface area contributed by atoms with E-state index < -0.39 is 0 Å². The highest BCUT2D eigenvalue weighted by Crippen LogP contribution is 2.44. The highest BCUT2D eigenvalue weighted by Gasteiger charge is 2.38. The van der Waals surface area contributed by atoms with Gasteiger partial charge in [0.2, 0.25) is 5.91 Å². The predicted molar refractivity (Wildman–Crippen MR) is 143 cm³/mol. The van der Waals surface area contributed by atoms with Crippen LogP contribution in [0.4, 0.5) is 5.69 Å². The number of carbonyl (C=O) groups excluding carboxylic acids is 1. The van der Waals surface area contributed by atoms with E-state index in [0.29, 0.717) is 36.2 Å². The van der Waals surface area contributed by atoms with Gasteiger partial charge in [0.15, 0.2) is 11.5 Å². The molecule has 0 aromatic heterocycles. The lowest BCUT2D eigenvalue weighted by molar-refractivity contribution is -0.129. The summed E-state index contributed by atoms with van der Waals surface area (Å²) in [5.41, 5.74) is 3.52. The molecular weight excluding hydrogens is 486 g/mol. The van der Waals surface area contributed by atoms with Gasteiger partial charge in [0.25, 0.3) is 0 Å². The molecule has 0 N–H and O–H groups in total. The van der Waals surface area contributed by atoms with Gasteiger partial charge in [-0.2, -0.15) is 5.26 Å².